The first-order chi connectivity index (χ1) is 15.3. The summed E-state index contributed by atoms with van der Waals surface area (Å²) in [6.07, 6.45) is 1.13. The van der Waals surface area contributed by atoms with Gasteiger partial charge in [-0.05, 0) is 45.4 Å². The molecule has 0 saturated carbocycles. The summed E-state index contributed by atoms with van der Waals surface area (Å²) in [5.74, 6) is 0.0888. The summed E-state index contributed by atoms with van der Waals surface area (Å²) in [4.78, 5) is 17.6. The summed E-state index contributed by atoms with van der Waals surface area (Å²) >= 11 is 0. The van der Waals surface area contributed by atoms with Gasteiger partial charge in [-0.1, -0.05) is 25.1 Å². The van der Waals surface area contributed by atoms with Crippen molar-refractivity contribution in [3.8, 4) is 5.69 Å². The number of carbonyl (C=O) groups excluding carboxylic acids is 1. The van der Waals surface area contributed by atoms with E-state index in [0.717, 1.165) is 38.4 Å². The Morgan fingerprint density at radius 1 is 1.00 bits per heavy atom. The molecular formula is C23H33N5O3S. The van der Waals surface area contributed by atoms with Crippen molar-refractivity contribution in [2.75, 3.05) is 45.8 Å². The van der Waals surface area contributed by atoms with Gasteiger partial charge in [-0.25, -0.2) is 13.1 Å². The lowest BCUT2D eigenvalue weighted by Gasteiger charge is -2.38. The standard InChI is InChI=1S/C23H33N5O3S/c1-4-25-14-16-26(17-15-25)23(29)20-10-12-27(13-11-20)32(30,31)22-18(2)24-28(19(22)3)21-8-6-5-7-9-21/h5-9,20H,4,10-17H2,1-3H3. The van der Waals surface area contributed by atoms with Crippen LogP contribution in [0.5, 0.6) is 0 Å². The third-order valence-corrected chi connectivity index (χ3v) is 8.91. The van der Waals surface area contributed by atoms with Crippen LogP contribution in [0.15, 0.2) is 35.2 Å². The lowest BCUT2D eigenvalue weighted by molar-refractivity contribution is -0.138. The molecule has 0 bridgehead atoms. The number of sulfonamides is 1. The van der Waals surface area contributed by atoms with E-state index in [1.807, 2.05) is 35.2 Å². The minimum Gasteiger partial charge on any atom is -0.340 e. The fourth-order valence-electron chi connectivity index (χ4n) is 4.84. The first-order valence-corrected chi connectivity index (χ1v) is 12.9. The zero-order chi connectivity index (χ0) is 22.9. The van der Waals surface area contributed by atoms with Crippen molar-refractivity contribution < 1.29 is 13.2 Å². The number of piperazine rings is 1. The number of para-hydroxylation sites is 1. The monoisotopic (exact) mass is 459 g/mol. The van der Waals surface area contributed by atoms with Gasteiger partial charge in [0.15, 0.2) is 0 Å². The fourth-order valence-corrected chi connectivity index (χ4v) is 6.66. The molecule has 0 radical (unpaired) electrons. The van der Waals surface area contributed by atoms with E-state index in [1.165, 1.54) is 4.31 Å². The molecule has 0 atom stereocenters. The number of aryl methyl sites for hydroxylation is 1. The molecule has 0 unspecified atom stereocenters. The van der Waals surface area contributed by atoms with Crippen LogP contribution in [0.25, 0.3) is 5.69 Å². The Balaban J connectivity index is 1.45. The molecule has 2 aliphatic heterocycles. The van der Waals surface area contributed by atoms with Crippen LogP contribution in [0.4, 0.5) is 0 Å². The van der Waals surface area contributed by atoms with Crippen molar-refractivity contribution in [3.05, 3.63) is 41.7 Å². The molecule has 0 N–H and O–H groups in total. The fraction of sp³-hybridized carbons (Fsp3) is 0.565. The molecule has 9 heteroatoms. The molecule has 4 rings (SSSR count). The van der Waals surface area contributed by atoms with E-state index in [2.05, 4.69) is 16.9 Å². The van der Waals surface area contributed by atoms with Gasteiger partial charge >= 0.3 is 0 Å². The second kappa shape index (κ2) is 9.33. The van der Waals surface area contributed by atoms with E-state index in [1.54, 1.807) is 18.5 Å². The van der Waals surface area contributed by atoms with Gasteiger partial charge in [0.25, 0.3) is 0 Å². The summed E-state index contributed by atoms with van der Waals surface area (Å²) in [5.41, 5.74) is 1.95. The van der Waals surface area contributed by atoms with E-state index in [9.17, 15) is 13.2 Å². The maximum Gasteiger partial charge on any atom is 0.246 e. The predicted octanol–water partition coefficient (Wildman–Crippen LogP) is 2.05. The maximum atomic E-state index is 13.5. The van der Waals surface area contributed by atoms with Crippen LogP contribution in [0.3, 0.4) is 0 Å². The Bertz CT molecular complexity index is 1050. The maximum absolute atomic E-state index is 13.5. The van der Waals surface area contributed by atoms with Crippen molar-refractivity contribution in [1.29, 1.82) is 0 Å². The minimum atomic E-state index is -3.68. The van der Waals surface area contributed by atoms with Crippen LogP contribution in [-0.2, 0) is 14.8 Å². The van der Waals surface area contributed by atoms with Gasteiger partial charge < -0.3 is 9.80 Å². The number of aromatic nitrogens is 2. The average Bonchev–Trinajstić information content (AvgIpc) is 3.13. The summed E-state index contributed by atoms with van der Waals surface area (Å²) in [6, 6.07) is 9.55. The normalized spacial score (nSPS) is 19.4. The van der Waals surface area contributed by atoms with E-state index in [-0.39, 0.29) is 16.7 Å². The SMILES string of the molecule is CCN1CCN(C(=O)C2CCN(S(=O)(=O)c3c(C)nn(-c4ccccc4)c3C)CC2)CC1. The highest BCUT2D eigenvalue weighted by atomic mass is 32.2. The molecule has 3 heterocycles. The highest BCUT2D eigenvalue weighted by Crippen LogP contribution is 2.29. The van der Waals surface area contributed by atoms with Gasteiger partial charge in [0.05, 0.1) is 17.1 Å². The molecule has 174 valence electrons. The first kappa shape index (κ1) is 22.9. The number of amides is 1. The third-order valence-electron chi connectivity index (χ3n) is 6.76. The Hall–Kier alpha value is -2.23. The lowest BCUT2D eigenvalue weighted by Crippen LogP contribution is -2.51. The predicted molar refractivity (Wildman–Crippen MR) is 123 cm³/mol. The van der Waals surface area contributed by atoms with Crippen LogP contribution in [0.1, 0.15) is 31.2 Å². The highest BCUT2D eigenvalue weighted by molar-refractivity contribution is 7.89. The molecule has 2 fully saturated rings. The number of nitrogens with zero attached hydrogens (tertiary/aromatic N) is 5. The van der Waals surface area contributed by atoms with Crippen LogP contribution in [-0.4, -0.2) is 84.0 Å². The summed E-state index contributed by atoms with van der Waals surface area (Å²) < 4.78 is 30.2. The smallest absolute Gasteiger partial charge is 0.246 e. The molecular weight excluding hydrogens is 426 g/mol. The number of piperidine rings is 1. The highest BCUT2D eigenvalue weighted by Gasteiger charge is 2.37. The Kier molecular flexibility index (Phi) is 6.69. The average molecular weight is 460 g/mol. The Morgan fingerprint density at radius 3 is 2.22 bits per heavy atom. The number of carbonyl (C=O) groups is 1. The Labute approximate surface area is 190 Å². The van der Waals surface area contributed by atoms with Crippen LogP contribution >= 0.6 is 0 Å². The van der Waals surface area contributed by atoms with Crippen molar-refractivity contribution in [3.63, 3.8) is 0 Å². The number of rotatable bonds is 5. The summed E-state index contributed by atoms with van der Waals surface area (Å²) in [6.45, 7) is 10.8. The molecule has 1 aromatic heterocycles. The second-order valence-corrected chi connectivity index (χ2v) is 10.6. The number of hydrogen-bond donors (Lipinski definition) is 0. The third kappa shape index (κ3) is 4.33. The topological polar surface area (TPSA) is 78.8 Å². The molecule has 8 nitrogen and oxygen atoms in total. The van der Waals surface area contributed by atoms with Crippen molar-refractivity contribution in [2.45, 2.75) is 38.5 Å². The zero-order valence-corrected chi connectivity index (χ0v) is 20.0. The molecule has 1 amide bonds. The lowest BCUT2D eigenvalue weighted by atomic mass is 9.96. The molecule has 32 heavy (non-hydrogen) atoms. The van der Waals surface area contributed by atoms with Crippen LogP contribution in [0, 0.1) is 19.8 Å². The molecule has 0 aliphatic carbocycles. The van der Waals surface area contributed by atoms with Gasteiger partial charge in [-0.15, -0.1) is 0 Å². The van der Waals surface area contributed by atoms with Gasteiger partial charge in [-0.2, -0.15) is 9.40 Å². The zero-order valence-electron chi connectivity index (χ0n) is 19.2. The van der Waals surface area contributed by atoms with E-state index < -0.39 is 10.0 Å². The van der Waals surface area contributed by atoms with Gasteiger partial charge in [0, 0.05) is 45.2 Å². The Morgan fingerprint density at radius 2 is 1.62 bits per heavy atom. The van der Waals surface area contributed by atoms with E-state index in [4.69, 9.17) is 0 Å². The quantitative estimate of drug-likeness (QED) is 0.684. The van der Waals surface area contributed by atoms with Crippen LogP contribution in [0.2, 0.25) is 0 Å². The molecule has 2 aliphatic rings. The molecule has 2 saturated heterocycles. The summed E-state index contributed by atoms with van der Waals surface area (Å²) in [7, 11) is -3.68. The van der Waals surface area contributed by atoms with Gasteiger partial charge in [0.2, 0.25) is 15.9 Å². The molecule has 0 spiro atoms. The van der Waals surface area contributed by atoms with Crippen molar-refractivity contribution in [1.82, 2.24) is 23.9 Å². The van der Waals surface area contributed by atoms with Gasteiger partial charge in [0.1, 0.15) is 4.90 Å². The van der Waals surface area contributed by atoms with E-state index >= 15 is 0 Å². The van der Waals surface area contributed by atoms with Gasteiger partial charge in [-0.3, -0.25) is 4.79 Å². The first-order valence-electron chi connectivity index (χ1n) is 11.5. The molecule has 2 aromatic rings. The van der Waals surface area contributed by atoms with Crippen LogP contribution < -0.4 is 0 Å². The molecule has 1 aromatic carbocycles. The number of benzene rings is 1. The van der Waals surface area contributed by atoms with Crippen molar-refractivity contribution >= 4 is 15.9 Å². The number of likely N-dealkylation sites (N-methyl/N-ethyl adjacent to an activating group) is 1. The summed E-state index contributed by atoms with van der Waals surface area (Å²) in [5, 5.41) is 4.51. The largest absolute Gasteiger partial charge is 0.340 e. The van der Waals surface area contributed by atoms with Crippen molar-refractivity contribution in [2.24, 2.45) is 5.92 Å². The second-order valence-electron chi connectivity index (χ2n) is 8.69. The number of hydrogen-bond acceptors (Lipinski definition) is 5. The minimum absolute atomic E-state index is 0.0936. The van der Waals surface area contributed by atoms with E-state index in [0.29, 0.717) is 37.3 Å².